The van der Waals surface area contributed by atoms with Crippen LogP contribution in [0.2, 0.25) is 0 Å². The second-order valence-corrected chi connectivity index (χ2v) is 4.11. The fourth-order valence-electron chi connectivity index (χ4n) is 2.21. The molecule has 1 aliphatic carbocycles. The average Bonchev–Trinajstić information content (AvgIpc) is 2.24. The van der Waals surface area contributed by atoms with Crippen molar-refractivity contribution in [2.24, 2.45) is 11.8 Å². The zero-order valence-electron chi connectivity index (χ0n) is 9.23. The van der Waals surface area contributed by atoms with Gasteiger partial charge in [0.25, 0.3) is 0 Å². The average molecular weight is 232 g/mol. The first kappa shape index (κ1) is 13.1. The first-order valence-electron chi connectivity index (χ1n) is 5.46. The third kappa shape index (κ3) is 3.26. The van der Waals surface area contributed by atoms with Gasteiger partial charge in [0.15, 0.2) is 0 Å². The van der Waals surface area contributed by atoms with Crippen LogP contribution in [0, 0.1) is 23.7 Å². The topological polar surface area (TPSA) is 17.1 Å². The molecular formula is C12H15F3O. The highest BCUT2D eigenvalue weighted by Crippen LogP contribution is 2.42. The molecule has 1 saturated carbocycles. The van der Waals surface area contributed by atoms with Gasteiger partial charge in [-0.15, -0.1) is 5.92 Å². The van der Waals surface area contributed by atoms with Gasteiger partial charge in [0.1, 0.15) is 5.78 Å². The summed E-state index contributed by atoms with van der Waals surface area (Å²) in [6, 6.07) is 0. The fourth-order valence-corrected chi connectivity index (χ4v) is 2.21. The van der Waals surface area contributed by atoms with Crippen molar-refractivity contribution in [3.05, 3.63) is 0 Å². The Morgan fingerprint density at radius 2 is 1.94 bits per heavy atom. The van der Waals surface area contributed by atoms with Crippen LogP contribution in [0.3, 0.4) is 0 Å². The lowest BCUT2D eigenvalue weighted by molar-refractivity contribution is -0.197. The number of alkyl halides is 3. The van der Waals surface area contributed by atoms with Crippen molar-refractivity contribution >= 4 is 5.78 Å². The number of rotatable bonds is 2. The highest BCUT2D eigenvalue weighted by atomic mass is 19.4. The Morgan fingerprint density at radius 1 is 1.31 bits per heavy atom. The van der Waals surface area contributed by atoms with Crippen LogP contribution < -0.4 is 0 Å². The van der Waals surface area contributed by atoms with Crippen molar-refractivity contribution in [1.29, 1.82) is 0 Å². The van der Waals surface area contributed by atoms with Crippen LogP contribution in [-0.2, 0) is 4.79 Å². The zero-order chi connectivity index (χ0) is 12.2. The van der Waals surface area contributed by atoms with Crippen LogP contribution in [-0.4, -0.2) is 12.0 Å². The van der Waals surface area contributed by atoms with E-state index in [-0.39, 0.29) is 18.6 Å². The maximum absolute atomic E-state index is 12.7. The monoisotopic (exact) mass is 232 g/mol. The molecule has 0 aromatic carbocycles. The maximum atomic E-state index is 12.7. The van der Waals surface area contributed by atoms with E-state index >= 15 is 0 Å². The molecule has 1 fully saturated rings. The Balaban J connectivity index is 2.73. The Bertz CT molecular complexity index is 308. The van der Waals surface area contributed by atoms with Gasteiger partial charge in [-0.2, -0.15) is 13.2 Å². The molecule has 2 atom stereocenters. The van der Waals surface area contributed by atoms with E-state index in [9.17, 15) is 18.0 Å². The molecule has 1 rings (SSSR count). The van der Waals surface area contributed by atoms with Crippen LogP contribution >= 0.6 is 0 Å². The van der Waals surface area contributed by atoms with E-state index in [1.165, 1.54) is 0 Å². The van der Waals surface area contributed by atoms with Gasteiger partial charge in [0, 0.05) is 5.92 Å². The van der Waals surface area contributed by atoms with Crippen molar-refractivity contribution in [1.82, 2.24) is 0 Å². The largest absolute Gasteiger partial charge is 0.392 e. The summed E-state index contributed by atoms with van der Waals surface area (Å²) in [6.45, 7) is 1.58. The molecule has 0 radical (unpaired) electrons. The molecule has 0 amide bonds. The zero-order valence-corrected chi connectivity index (χ0v) is 9.23. The fraction of sp³-hybridized carbons (Fsp3) is 0.750. The number of halogens is 3. The SMILES string of the molecule is CC#CCC(=O)C1CCCCC1C(F)(F)F. The van der Waals surface area contributed by atoms with Crippen LogP contribution in [0.4, 0.5) is 13.2 Å². The predicted octanol–water partition coefficient (Wildman–Crippen LogP) is 3.34. The molecule has 0 aromatic rings. The minimum Gasteiger partial charge on any atom is -0.298 e. The molecule has 0 aromatic heterocycles. The molecule has 0 aliphatic heterocycles. The molecular weight excluding hydrogens is 217 g/mol. The van der Waals surface area contributed by atoms with Gasteiger partial charge in [0.05, 0.1) is 12.3 Å². The molecule has 90 valence electrons. The molecule has 1 aliphatic rings. The second kappa shape index (κ2) is 5.38. The van der Waals surface area contributed by atoms with Crippen molar-refractivity contribution in [2.75, 3.05) is 0 Å². The Morgan fingerprint density at radius 3 is 2.50 bits per heavy atom. The maximum Gasteiger partial charge on any atom is 0.392 e. The molecule has 16 heavy (non-hydrogen) atoms. The molecule has 0 saturated heterocycles. The lowest BCUT2D eigenvalue weighted by Crippen LogP contribution is -2.37. The molecule has 0 N–H and O–H groups in total. The van der Waals surface area contributed by atoms with Crippen LogP contribution in [0.25, 0.3) is 0 Å². The van der Waals surface area contributed by atoms with Crippen molar-refractivity contribution in [2.45, 2.75) is 45.2 Å². The quantitative estimate of drug-likeness (QED) is 0.667. The molecule has 4 heteroatoms. The lowest BCUT2D eigenvalue weighted by Gasteiger charge is -2.31. The Kier molecular flexibility index (Phi) is 4.40. The van der Waals surface area contributed by atoms with Gasteiger partial charge >= 0.3 is 6.18 Å². The summed E-state index contributed by atoms with van der Waals surface area (Å²) in [7, 11) is 0. The third-order valence-corrected chi connectivity index (χ3v) is 3.04. The summed E-state index contributed by atoms with van der Waals surface area (Å²) in [4.78, 5) is 11.6. The molecule has 0 spiro atoms. The van der Waals surface area contributed by atoms with Gasteiger partial charge < -0.3 is 0 Å². The number of hydrogen-bond acceptors (Lipinski definition) is 1. The van der Waals surface area contributed by atoms with Gasteiger partial charge in [-0.25, -0.2) is 0 Å². The molecule has 0 heterocycles. The van der Waals surface area contributed by atoms with E-state index in [0.717, 1.165) is 0 Å². The van der Waals surface area contributed by atoms with Gasteiger partial charge in [-0.05, 0) is 19.8 Å². The highest BCUT2D eigenvalue weighted by molar-refractivity contribution is 5.83. The number of hydrogen-bond donors (Lipinski definition) is 0. The van der Waals surface area contributed by atoms with E-state index in [1.54, 1.807) is 6.92 Å². The van der Waals surface area contributed by atoms with Gasteiger partial charge in [-0.1, -0.05) is 18.8 Å². The number of carbonyl (C=O) groups is 1. The lowest BCUT2D eigenvalue weighted by atomic mass is 9.76. The second-order valence-electron chi connectivity index (χ2n) is 4.11. The van der Waals surface area contributed by atoms with E-state index in [2.05, 4.69) is 11.8 Å². The number of Topliss-reactive ketones (excluding diaryl/α,β-unsaturated/α-hetero) is 1. The predicted molar refractivity (Wildman–Crippen MR) is 54.6 cm³/mol. The van der Waals surface area contributed by atoms with Crippen molar-refractivity contribution < 1.29 is 18.0 Å². The summed E-state index contributed by atoms with van der Waals surface area (Å²) < 4.78 is 38.1. The summed E-state index contributed by atoms with van der Waals surface area (Å²) in [5.74, 6) is 2.42. The minimum atomic E-state index is -4.25. The Labute approximate surface area is 93.4 Å². The van der Waals surface area contributed by atoms with E-state index in [1.807, 2.05) is 0 Å². The first-order chi connectivity index (χ1) is 7.46. The Hall–Kier alpha value is -0.980. The third-order valence-electron chi connectivity index (χ3n) is 3.04. The summed E-state index contributed by atoms with van der Waals surface area (Å²) in [5, 5.41) is 0. The van der Waals surface area contributed by atoms with Gasteiger partial charge in [0.2, 0.25) is 0 Å². The molecule has 2 unspecified atom stereocenters. The summed E-state index contributed by atoms with van der Waals surface area (Å²) in [6.07, 6.45) is -2.59. The van der Waals surface area contributed by atoms with Crippen LogP contribution in [0.1, 0.15) is 39.0 Å². The van der Waals surface area contributed by atoms with Crippen molar-refractivity contribution in [3.63, 3.8) is 0 Å². The van der Waals surface area contributed by atoms with Crippen LogP contribution in [0.5, 0.6) is 0 Å². The number of carbonyl (C=O) groups excluding carboxylic acids is 1. The summed E-state index contributed by atoms with van der Waals surface area (Å²) >= 11 is 0. The van der Waals surface area contributed by atoms with Crippen LogP contribution in [0.15, 0.2) is 0 Å². The minimum absolute atomic E-state index is 0.0479. The smallest absolute Gasteiger partial charge is 0.298 e. The summed E-state index contributed by atoms with van der Waals surface area (Å²) in [5.41, 5.74) is 0. The molecule has 1 nitrogen and oxygen atoms in total. The van der Waals surface area contributed by atoms with Gasteiger partial charge in [-0.3, -0.25) is 4.79 Å². The molecule has 0 bridgehead atoms. The standard InChI is InChI=1S/C12H15F3O/c1-2-3-8-11(16)9-6-4-5-7-10(9)12(13,14)15/h9-10H,4-8H2,1H3. The van der Waals surface area contributed by atoms with E-state index < -0.39 is 18.0 Å². The van der Waals surface area contributed by atoms with Crippen molar-refractivity contribution in [3.8, 4) is 11.8 Å². The number of ketones is 1. The normalized spacial score (nSPS) is 25.8. The van der Waals surface area contributed by atoms with E-state index in [4.69, 9.17) is 0 Å². The first-order valence-corrected chi connectivity index (χ1v) is 5.46. The van der Waals surface area contributed by atoms with E-state index in [0.29, 0.717) is 19.3 Å². The highest BCUT2D eigenvalue weighted by Gasteiger charge is 2.47.